The summed E-state index contributed by atoms with van der Waals surface area (Å²) in [6, 6.07) is 0.412. The zero-order valence-corrected chi connectivity index (χ0v) is 7.27. The fourth-order valence-corrected chi connectivity index (χ4v) is 0.899. The molecule has 0 fully saturated rings. The van der Waals surface area contributed by atoms with E-state index in [0.29, 0.717) is 12.5 Å². The third-order valence-corrected chi connectivity index (χ3v) is 1.41. The highest BCUT2D eigenvalue weighted by Gasteiger charge is 2.09. The van der Waals surface area contributed by atoms with Gasteiger partial charge < -0.3 is 5.32 Å². The van der Waals surface area contributed by atoms with Gasteiger partial charge in [0.15, 0.2) is 0 Å². The van der Waals surface area contributed by atoms with E-state index in [1.54, 1.807) is 0 Å². The average Bonchev–Trinajstić information content (AvgIpc) is 1.85. The molecular formula is C8H17NO. The lowest BCUT2D eigenvalue weighted by Gasteiger charge is -2.14. The van der Waals surface area contributed by atoms with Gasteiger partial charge in [-0.3, -0.25) is 4.79 Å². The van der Waals surface area contributed by atoms with Crippen LogP contribution in [0.15, 0.2) is 0 Å². The molecule has 0 aliphatic heterocycles. The molecule has 2 heteroatoms. The van der Waals surface area contributed by atoms with E-state index in [1.807, 2.05) is 27.7 Å². The highest BCUT2D eigenvalue weighted by molar-refractivity contribution is 5.83. The van der Waals surface area contributed by atoms with E-state index in [0.717, 1.165) is 0 Å². The molecule has 1 N–H and O–H groups in total. The van der Waals surface area contributed by atoms with Crippen molar-refractivity contribution < 1.29 is 4.79 Å². The molecule has 2 nitrogen and oxygen atoms in total. The molecule has 0 aromatic heterocycles. The molecule has 0 spiro atoms. The number of hydrogen-bond acceptors (Lipinski definition) is 2. The minimum Gasteiger partial charge on any atom is -0.305 e. The second-order valence-electron chi connectivity index (χ2n) is 2.86. The summed E-state index contributed by atoms with van der Waals surface area (Å²) in [5.41, 5.74) is 0. The molecule has 0 saturated heterocycles. The molecule has 0 rings (SSSR count). The van der Waals surface area contributed by atoms with Gasteiger partial charge in [-0.15, -0.1) is 0 Å². The zero-order valence-electron chi connectivity index (χ0n) is 7.27. The predicted octanol–water partition coefficient (Wildman–Crippen LogP) is 1.35. The van der Waals surface area contributed by atoms with E-state index in [4.69, 9.17) is 0 Å². The first-order valence-corrected chi connectivity index (χ1v) is 3.86. The monoisotopic (exact) mass is 143 g/mol. The number of Topliss-reactive ketones (excluding diaryl/α,β-unsaturated/α-hetero) is 1. The normalized spacial score (nSPS) is 13.7. The van der Waals surface area contributed by atoms with E-state index in [-0.39, 0.29) is 11.8 Å². The summed E-state index contributed by atoms with van der Waals surface area (Å²) < 4.78 is 0. The summed E-state index contributed by atoms with van der Waals surface area (Å²) in [5, 5.41) is 3.14. The second-order valence-corrected chi connectivity index (χ2v) is 2.86. The molecule has 0 unspecified atom stereocenters. The van der Waals surface area contributed by atoms with Crippen molar-refractivity contribution >= 4 is 5.78 Å². The number of carbonyl (C=O) groups is 1. The Morgan fingerprint density at radius 1 is 1.40 bits per heavy atom. The van der Waals surface area contributed by atoms with Crippen molar-refractivity contribution in [2.75, 3.05) is 0 Å². The predicted molar refractivity (Wildman–Crippen MR) is 43.0 cm³/mol. The molecule has 0 saturated carbocycles. The van der Waals surface area contributed by atoms with Crippen molar-refractivity contribution in [2.45, 2.75) is 46.2 Å². The Labute approximate surface area is 63.0 Å². The maximum Gasteiger partial charge on any atom is 0.149 e. The molecule has 0 radical (unpaired) electrons. The number of hydrogen-bond donors (Lipinski definition) is 1. The summed E-state index contributed by atoms with van der Waals surface area (Å²) in [7, 11) is 0. The molecule has 0 amide bonds. The van der Waals surface area contributed by atoms with Gasteiger partial charge in [0, 0.05) is 12.5 Å². The highest BCUT2D eigenvalue weighted by Crippen LogP contribution is 1.91. The van der Waals surface area contributed by atoms with Gasteiger partial charge in [-0.1, -0.05) is 20.8 Å². The first-order chi connectivity index (χ1) is 4.57. The van der Waals surface area contributed by atoms with Gasteiger partial charge in [0.1, 0.15) is 5.78 Å². The van der Waals surface area contributed by atoms with Crippen LogP contribution in [0.4, 0.5) is 0 Å². The number of nitrogens with one attached hydrogen (secondary N) is 1. The SMILES string of the molecule is CCC(=O)[C@@H](C)NC(C)C. The maximum atomic E-state index is 11.0. The number of carbonyl (C=O) groups excluding carboxylic acids is 1. The largest absolute Gasteiger partial charge is 0.305 e. The molecule has 60 valence electrons. The maximum absolute atomic E-state index is 11.0. The topological polar surface area (TPSA) is 29.1 Å². The second kappa shape index (κ2) is 4.45. The Hall–Kier alpha value is -0.370. The summed E-state index contributed by atoms with van der Waals surface area (Å²) in [6.07, 6.45) is 0.626. The quantitative estimate of drug-likeness (QED) is 0.643. The van der Waals surface area contributed by atoms with Crippen LogP contribution in [0.25, 0.3) is 0 Å². The minimum atomic E-state index is 0.0185. The van der Waals surface area contributed by atoms with Gasteiger partial charge in [-0.25, -0.2) is 0 Å². The fraction of sp³-hybridized carbons (Fsp3) is 0.875. The molecule has 0 aliphatic carbocycles. The molecule has 0 aliphatic rings. The van der Waals surface area contributed by atoms with Crippen LogP contribution in [0.5, 0.6) is 0 Å². The Morgan fingerprint density at radius 2 is 1.90 bits per heavy atom. The number of rotatable bonds is 4. The van der Waals surface area contributed by atoms with Crippen LogP contribution in [0.2, 0.25) is 0 Å². The van der Waals surface area contributed by atoms with E-state index in [2.05, 4.69) is 5.32 Å². The summed E-state index contributed by atoms with van der Waals surface area (Å²) >= 11 is 0. The molecular weight excluding hydrogens is 126 g/mol. The van der Waals surface area contributed by atoms with Crippen LogP contribution >= 0.6 is 0 Å². The first kappa shape index (κ1) is 9.63. The van der Waals surface area contributed by atoms with Crippen molar-refractivity contribution in [1.29, 1.82) is 0 Å². The van der Waals surface area contributed by atoms with E-state index < -0.39 is 0 Å². The van der Waals surface area contributed by atoms with Crippen LogP contribution in [-0.2, 0) is 4.79 Å². The van der Waals surface area contributed by atoms with Crippen molar-refractivity contribution in [3.05, 3.63) is 0 Å². The van der Waals surface area contributed by atoms with Crippen LogP contribution in [0, 0.1) is 0 Å². The third-order valence-electron chi connectivity index (χ3n) is 1.41. The molecule has 0 aromatic carbocycles. The first-order valence-electron chi connectivity index (χ1n) is 3.86. The van der Waals surface area contributed by atoms with Gasteiger partial charge in [0.2, 0.25) is 0 Å². The van der Waals surface area contributed by atoms with Gasteiger partial charge in [0.05, 0.1) is 6.04 Å². The highest BCUT2D eigenvalue weighted by atomic mass is 16.1. The lowest BCUT2D eigenvalue weighted by molar-refractivity contribution is -0.120. The molecule has 0 heterocycles. The molecule has 0 aromatic rings. The van der Waals surface area contributed by atoms with E-state index in [9.17, 15) is 4.79 Å². The van der Waals surface area contributed by atoms with Crippen LogP contribution in [0.3, 0.4) is 0 Å². The molecule has 0 bridgehead atoms. The van der Waals surface area contributed by atoms with E-state index >= 15 is 0 Å². The summed E-state index contributed by atoms with van der Waals surface area (Å²) in [6.45, 7) is 7.88. The Kier molecular flexibility index (Phi) is 4.28. The van der Waals surface area contributed by atoms with Gasteiger partial charge in [-0.2, -0.15) is 0 Å². The van der Waals surface area contributed by atoms with Crippen molar-refractivity contribution in [2.24, 2.45) is 0 Å². The average molecular weight is 143 g/mol. The lowest BCUT2D eigenvalue weighted by Crippen LogP contribution is -2.38. The van der Waals surface area contributed by atoms with Crippen LogP contribution in [0.1, 0.15) is 34.1 Å². The fourth-order valence-electron chi connectivity index (χ4n) is 0.899. The smallest absolute Gasteiger partial charge is 0.149 e. The van der Waals surface area contributed by atoms with Gasteiger partial charge in [-0.05, 0) is 6.92 Å². The molecule has 1 atom stereocenters. The molecule has 10 heavy (non-hydrogen) atoms. The Morgan fingerprint density at radius 3 is 2.20 bits per heavy atom. The summed E-state index contributed by atoms with van der Waals surface area (Å²) in [5.74, 6) is 0.286. The van der Waals surface area contributed by atoms with Gasteiger partial charge in [0.25, 0.3) is 0 Å². The van der Waals surface area contributed by atoms with Gasteiger partial charge >= 0.3 is 0 Å². The van der Waals surface area contributed by atoms with Crippen molar-refractivity contribution in [3.8, 4) is 0 Å². The standard InChI is InChI=1S/C8H17NO/c1-5-8(10)7(4)9-6(2)3/h6-7,9H,5H2,1-4H3/t7-/m1/s1. The minimum absolute atomic E-state index is 0.0185. The van der Waals surface area contributed by atoms with Crippen molar-refractivity contribution in [3.63, 3.8) is 0 Å². The van der Waals surface area contributed by atoms with Crippen LogP contribution in [-0.4, -0.2) is 17.9 Å². The number of ketones is 1. The third kappa shape index (κ3) is 3.62. The Bertz CT molecular complexity index is 110. The lowest BCUT2D eigenvalue weighted by atomic mass is 10.1. The van der Waals surface area contributed by atoms with E-state index in [1.165, 1.54) is 0 Å². The summed E-state index contributed by atoms with van der Waals surface area (Å²) in [4.78, 5) is 11.0. The Balaban J connectivity index is 3.61. The van der Waals surface area contributed by atoms with Crippen molar-refractivity contribution in [1.82, 2.24) is 5.32 Å². The zero-order chi connectivity index (χ0) is 8.15. The van der Waals surface area contributed by atoms with Crippen LogP contribution < -0.4 is 5.32 Å².